The second-order valence-electron chi connectivity index (χ2n) is 7.21. The van der Waals surface area contributed by atoms with Gasteiger partial charge < -0.3 is 30.2 Å². The van der Waals surface area contributed by atoms with E-state index in [1.807, 2.05) is 42.5 Å². The molecule has 0 aliphatic rings. The van der Waals surface area contributed by atoms with E-state index in [0.29, 0.717) is 34.8 Å². The van der Waals surface area contributed by atoms with Crippen LogP contribution in [0.5, 0.6) is 17.2 Å². The van der Waals surface area contributed by atoms with Crippen LogP contribution in [0, 0.1) is 0 Å². The lowest BCUT2D eigenvalue weighted by Gasteiger charge is -2.14. The van der Waals surface area contributed by atoms with Crippen molar-refractivity contribution in [3.8, 4) is 17.2 Å². The number of nitrogens with one attached hydrogen (secondary N) is 3. The van der Waals surface area contributed by atoms with Gasteiger partial charge in [-0.3, -0.25) is 0 Å². The second kappa shape index (κ2) is 10.9. The summed E-state index contributed by atoms with van der Waals surface area (Å²) >= 11 is 0. The molecule has 0 saturated heterocycles. The highest BCUT2D eigenvalue weighted by molar-refractivity contribution is 5.66. The van der Waals surface area contributed by atoms with Gasteiger partial charge in [-0.2, -0.15) is 4.98 Å². The number of methoxy groups -OCH3 is 3. The van der Waals surface area contributed by atoms with Crippen LogP contribution < -0.4 is 30.2 Å². The Morgan fingerprint density at radius 3 is 1.85 bits per heavy atom. The maximum Gasteiger partial charge on any atom is 0.232 e. The number of hydrogen-bond donors (Lipinski definition) is 3. The first-order valence-corrected chi connectivity index (χ1v) is 10.6. The Balaban J connectivity index is 1.42. The number of benzene rings is 3. The molecule has 9 nitrogen and oxygen atoms in total. The average molecular weight is 459 g/mol. The normalized spacial score (nSPS) is 10.3. The summed E-state index contributed by atoms with van der Waals surface area (Å²) in [4.78, 5) is 12.9. The Kier molecular flexibility index (Phi) is 7.24. The van der Waals surface area contributed by atoms with Crippen molar-refractivity contribution in [2.24, 2.45) is 0 Å². The van der Waals surface area contributed by atoms with Gasteiger partial charge in [-0.25, -0.2) is 9.97 Å². The van der Waals surface area contributed by atoms with Crippen LogP contribution in [0.15, 0.2) is 73.1 Å². The van der Waals surface area contributed by atoms with E-state index in [0.717, 1.165) is 17.9 Å². The van der Waals surface area contributed by atoms with Crippen molar-refractivity contribution in [1.82, 2.24) is 15.0 Å². The summed E-state index contributed by atoms with van der Waals surface area (Å²) in [6.45, 7) is 0.761. The number of aromatic nitrogens is 3. The second-order valence-corrected chi connectivity index (χ2v) is 7.21. The standard InChI is InChI=1S/C25H26N6O3/c1-32-21-13-20(14-22(33-2)23(21)34-3)30-25-28-16-27-24(31-25)29-19-11-9-18(10-12-19)26-15-17-7-5-4-6-8-17/h4-14,16,26H,15H2,1-3H3,(H2,27,28,29,30,31). The highest BCUT2D eigenvalue weighted by atomic mass is 16.5. The summed E-state index contributed by atoms with van der Waals surface area (Å²) in [7, 11) is 4.69. The first kappa shape index (κ1) is 22.7. The molecule has 0 aliphatic carbocycles. The zero-order valence-electron chi connectivity index (χ0n) is 19.2. The quantitative estimate of drug-likeness (QED) is 0.303. The van der Waals surface area contributed by atoms with Crippen LogP contribution in [-0.2, 0) is 6.54 Å². The van der Waals surface area contributed by atoms with Crippen LogP contribution in [-0.4, -0.2) is 36.3 Å². The van der Waals surface area contributed by atoms with Crippen LogP contribution in [0.1, 0.15) is 5.56 Å². The van der Waals surface area contributed by atoms with Crippen LogP contribution in [0.2, 0.25) is 0 Å². The minimum Gasteiger partial charge on any atom is -0.493 e. The minimum atomic E-state index is 0.368. The van der Waals surface area contributed by atoms with Crippen molar-refractivity contribution in [2.75, 3.05) is 37.3 Å². The molecular weight excluding hydrogens is 432 g/mol. The van der Waals surface area contributed by atoms with Crippen molar-refractivity contribution >= 4 is 29.0 Å². The molecule has 1 aromatic heterocycles. The third-order valence-corrected chi connectivity index (χ3v) is 4.97. The zero-order chi connectivity index (χ0) is 23.8. The predicted octanol–water partition coefficient (Wildman–Crippen LogP) is 5.00. The van der Waals surface area contributed by atoms with Gasteiger partial charge in [-0.1, -0.05) is 30.3 Å². The van der Waals surface area contributed by atoms with Crippen LogP contribution in [0.4, 0.5) is 29.0 Å². The van der Waals surface area contributed by atoms with Gasteiger partial charge >= 0.3 is 0 Å². The van der Waals surface area contributed by atoms with E-state index in [-0.39, 0.29) is 0 Å². The van der Waals surface area contributed by atoms with Crippen molar-refractivity contribution in [1.29, 1.82) is 0 Å². The maximum absolute atomic E-state index is 5.40. The first-order valence-electron chi connectivity index (χ1n) is 10.6. The number of nitrogens with zero attached hydrogens (tertiary/aromatic N) is 3. The SMILES string of the molecule is COc1cc(Nc2ncnc(Nc3ccc(NCc4ccccc4)cc3)n2)cc(OC)c1OC. The summed E-state index contributed by atoms with van der Waals surface area (Å²) in [5, 5.41) is 9.75. The zero-order valence-corrected chi connectivity index (χ0v) is 19.2. The molecule has 1 heterocycles. The summed E-state index contributed by atoms with van der Waals surface area (Å²) < 4.78 is 16.2. The highest BCUT2D eigenvalue weighted by Gasteiger charge is 2.14. The Morgan fingerprint density at radius 1 is 0.676 bits per heavy atom. The molecule has 34 heavy (non-hydrogen) atoms. The molecule has 0 atom stereocenters. The van der Waals surface area contributed by atoms with Gasteiger partial charge in [-0.05, 0) is 29.8 Å². The maximum atomic E-state index is 5.40. The molecule has 174 valence electrons. The Hall–Kier alpha value is -4.53. The molecule has 4 rings (SSSR count). The molecule has 0 aliphatic heterocycles. The molecule has 0 spiro atoms. The number of ether oxygens (including phenoxy) is 3. The number of hydrogen-bond acceptors (Lipinski definition) is 9. The van der Waals surface area contributed by atoms with Crippen LogP contribution in [0.25, 0.3) is 0 Å². The van der Waals surface area contributed by atoms with Gasteiger partial charge in [0.1, 0.15) is 6.33 Å². The lowest BCUT2D eigenvalue weighted by Crippen LogP contribution is -2.04. The van der Waals surface area contributed by atoms with Crippen molar-refractivity contribution in [3.63, 3.8) is 0 Å². The Bertz CT molecular complexity index is 1190. The summed E-state index contributed by atoms with van der Waals surface area (Å²) in [6, 6.07) is 21.7. The molecule has 0 bridgehead atoms. The third-order valence-electron chi connectivity index (χ3n) is 4.97. The fourth-order valence-corrected chi connectivity index (χ4v) is 3.30. The molecule has 0 amide bonds. The highest BCUT2D eigenvalue weighted by Crippen LogP contribution is 2.40. The lowest BCUT2D eigenvalue weighted by atomic mass is 10.2. The minimum absolute atomic E-state index is 0.368. The summed E-state index contributed by atoms with van der Waals surface area (Å²) in [5.41, 5.74) is 3.78. The van der Waals surface area contributed by atoms with E-state index < -0.39 is 0 Å². The fraction of sp³-hybridized carbons (Fsp3) is 0.160. The van der Waals surface area contributed by atoms with Gasteiger partial charge in [0.25, 0.3) is 0 Å². The molecule has 9 heteroatoms. The van der Waals surface area contributed by atoms with E-state index in [9.17, 15) is 0 Å². The summed E-state index contributed by atoms with van der Waals surface area (Å²) in [5.74, 6) is 2.34. The van der Waals surface area contributed by atoms with Crippen molar-refractivity contribution in [3.05, 3.63) is 78.6 Å². The van der Waals surface area contributed by atoms with E-state index in [1.54, 1.807) is 33.5 Å². The molecule has 3 aromatic carbocycles. The Morgan fingerprint density at radius 2 is 1.26 bits per heavy atom. The Labute approximate surface area is 198 Å². The number of rotatable bonds is 10. The van der Waals surface area contributed by atoms with Crippen molar-refractivity contribution in [2.45, 2.75) is 6.54 Å². The van der Waals surface area contributed by atoms with Gasteiger partial charge in [0.2, 0.25) is 17.6 Å². The van der Waals surface area contributed by atoms with Gasteiger partial charge in [0.15, 0.2) is 11.5 Å². The average Bonchev–Trinajstić information content (AvgIpc) is 2.88. The lowest BCUT2D eigenvalue weighted by molar-refractivity contribution is 0.324. The monoisotopic (exact) mass is 458 g/mol. The topological polar surface area (TPSA) is 102 Å². The van der Waals surface area contributed by atoms with E-state index in [1.165, 1.54) is 11.9 Å². The molecule has 0 unspecified atom stereocenters. The van der Waals surface area contributed by atoms with Gasteiger partial charge in [-0.15, -0.1) is 0 Å². The smallest absolute Gasteiger partial charge is 0.232 e. The third kappa shape index (κ3) is 5.63. The largest absolute Gasteiger partial charge is 0.493 e. The van der Waals surface area contributed by atoms with E-state index in [4.69, 9.17) is 14.2 Å². The van der Waals surface area contributed by atoms with Gasteiger partial charge in [0, 0.05) is 35.7 Å². The molecular formula is C25H26N6O3. The number of anilines is 5. The molecule has 0 saturated carbocycles. The molecule has 3 N–H and O–H groups in total. The summed E-state index contributed by atoms with van der Waals surface area (Å²) in [6.07, 6.45) is 1.44. The van der Waals surface area contributed by atoms with Crippen LogP contribution in [0.3, 0.4) is 0 Å². The fourth-order valence-electron chi connectivity index (χ4n) is 3.30. The first-order chi connectivity index (χ1) is 16.7. The van der Waals surface area contributed by atoms with E-state index >= 15 is 0 Å². The van der Waals surface area contributed by atoms with Crippen molar-refractivity contribution < 1.29 is 14.2 Å². The molecule has 0 radical (unpaired) electrons. The van der Waals surface area contributed by atoms with Gasteiger partial charge in [0.05, 0.1) is 21.3 Å². The van der Waals surface area contributed by atoms with E-state index in [2.05, 4.69) is 43.0 Å². The molecule has 0 fully saturated rings. The van der Waals surface area contributed by atoms with Crippen LogP contribution >= 0.6 is 0 Å². The predicted molar refractivity (Wildman–Crippen MR) is 133 cm³/mol. The molecule has 4 aromatic rings.